The van der Waals surface area contributed by atoms with Crippen LogP contribution in [0.4, 0.5) is 5.69 Å². The number of anilines is 1. The topological polar surface area (TPSA) is 72.9 Å². The second-order valence-electron chi connectivity index (χ2n) is 4.55. The molecule has 0 aliphatic heterocycles. The molecular formula is C16H18N4O. The quantitative estimate of drug-likeness (QED) is 0.839. The van der Waals surface area contributed by atoms with Gasteiger partial charge < -0.3 is 11.1 Å². The summed E-state index contributed by atoms with van der Waals surface area (Å²) in [6, 6.07) is 7.34. The molecule has 1 aromatic heterocycles. The summed E-state index contributed by atoms with van der Waals surface area (Å²) in [7, 11) is 1.81. The number of carbonyl (C=O) groups is 1. The van der Waals surface area contributed by atoms with Gasteiger partial charge in [0.05, 0.1) is 17.8 Å². The van der Waals surface area contributed by atoms with Crippen molar-refractivity contribution in [3.8, 4) is 11.8 Å². The monoisotopic (exact) mass is 282 g/mol. The van der Waals surface area contributed by atoms with E-state index in [4.69, 9.17) is 5.73 Å². The highest BCUT2D eigenvalue weighted by molar-refractivity contribution is 6.04. The smallest absolute Gasteiger partial charge is 0.259 e. The first kappa shape index (κ1) is 14.8. The van der Waals surface area contributed by atoms with Gasteiger partial charge in [-0.25, -0.2) is 0 Å². The number of amides is 1. The summed E-state index contributed by atoms with van der Waals surface area (Å²) in [5.41, 5.74) is 8.32. The Kier molecular flexibility index (Phi) is 4.75. The molecule has 0 bridgehead atoms. The lowest BCUT2D eigenvalue weighted by Crippen LogP contribution is -2.13. The first-order valence-corrected chi connectivity index (χ1v) is 6.77. The van der Waals surface area contributed by atoms with Crippen LogP contribution in [0.1, 0.15) is 28.5 Å². The Bertz CT molecular complexity index is 689. The Labute approximate surface area is 124 Å². The predicted octanol–water partition coefficient (Wildman–Crippen LogP) is 1.54. The fourth-order valence-electron chi connectivity index (χ4n) is 1.97. The van der Waals surface area contributed by atoms with Gasteiger partial charge in [-0.15, -0.1) is 0 Å². The molecule has 0 aliphatic rings. The van der Waals surface area contributed by atoms with Crippen LogP contribution >= 0.6 is 0 Å². The second kappa shape index (κ2) is 6.73. The van der Waals surface area contributed by atoms with Gasteiger partial charge in [0.15, 0.2) is 0 Å². The lowest BCUT2D eigenvalue weighted by atomic mass is 10.1. The molecule has 2 aromatic rings. The SMILES string of the molecule is CCc1nn(C)cc1C(=O)Nc1ccc(C#CCN)cc1. The van der Waals surface area contributed by atoms with Crippen molar-refractivity contribution in [3.05, 3.63) is 47.3 Å². The highest BCUT2D eigenvalue weighted by Gasteiger charge is 2.14. The average Bonchev–Trinajstić information content (AvgIpc) is 2.88. The van der Waals surface area contributed by atoms with Crippen LogP contribution in [0.25, 0.3) is 0 Å². The maximum atomic E-state index is 12.3. The number of benzene rings is 1. The molecule has 0 fully saturated rings. The molecule has 5 nitrogen and oxygen atoms in total. The molecule has 3 N–H and O–H groups in total. The molecule has 0 saturated heterocycles. The zero-order valence-corrected chi connectivity index (χ0v) is 12.2. The highest BCUT2D eigenvalue weighted by atomic mass is 16.1. The van der Waals surface area contributed by atoms with Gasteiger partial charge in [0, 0.05) is 24.5 Å². The minimum absolute atomic E-state index is 0.152. The van der Waals surface area contributed by atoms with E-state index in [2.05, 4.69) is 22.3 Å². The highest BCUT2D eigenvalue weighted by Crippen LogP contribution is 2.13. The van der Waals surface area contributed by atoms with Crippen LogP contribution in [0, 0.1) is 11.8 Å². The zero-order valence-electron chi connectivity index (χ0n) is 12.2. The first-order chi connectivity index (χ1) is 10.1. The van der Waals surface area contributed by atoms with E-state index >= 15 is 0 Å². The molecule has 0 spiro atoms. The third kappa shape index (κ3) is 3.71. The van der Waals surface area contributed by atoms with E-state index in [1.807, 2.05) is 31.2 Å². The number of aromatic nitrogens is 2. The molecule has 1 heterocycles. The first-order valence-electron chi connectivity index (χ1n) is 6.77. The van der Waals surface area contributed by atoms with E-state index in [0.717, 1.165) is 23.4 Å². The standard InChI is InChI=1S/C16H18N4O/c1-3-15-14(11-20(2)19-15)16(21)18-13-8-6-12(7-9-13)5-4-10-17/h6-9,11H,3,10,17H2,1-2H3,(H,18,21). The number of rotatable bonds is 3. The molecule has 1 amide bonds. The third-order valence-electron chi connectivity index (χ3n) is 2.96. The van der Waals surface area contributed by atoms with E-state index in [9.17, 15) is 4.79 Å². The summed E-state index contributed by atoms with van der Waals surface area (Å²) in [6.45, 7) is 2.31. The van der Waals surface area contributed by atoms with Crippen LogP contribution in [0.2, 0.25) is 0 Å². The number of nitrogens with two attached hydrogens (primary N) is 1. The molecule has 21 heavy (non-hydrogen) atoms. The Morgan fingerprint density at radius 1 is 1.38 bits per heavy atom. The molecule has 5 heteroatoms. The summed E-state index contributed by atoms with van der Waals surface area (Å²) >= 11 is 0. The van der Waals surface area contributed by atoms with E-state index in [0.29, 0.717) is 12.1 Å². The van der Waals surface area contributed by atoms with Crippen molar-refractivity contribution in [1.82, 2.24) is 9.78 Å². The molecule has 0 saturated carbocycles. The van der Waals surface area contributed by atoms with Crippen LogP contribution in [-0.2, 0) is 13.5 Å². The maximum Gasteiger partial charge on any atom is 0.259 e. The van der Waals surface area contributed by atoms with Gasteiger partial charge in [-0.1, -0.05) is 18.8 Å². The summed E-state index contributed by atoms with van der Waals surface area (Å²) in [4.78, 5) is 12.3. The number of carbonyl (C=O) groups excluding carboxylic acids is 1. The number of nitrogens with zero attached hydrogens (tertiary/aromatic N) is 2. The lowest BCUT2D eigenvalue weighted by Gasteiger charge is -2.04. The minimum Gasteiger partial charge on any atom is -0.322 e. The van der Waals surface area contributed by atoms with Crippen molar-refractivity contribution in [1.29, 1.82) is 0 Å². The van der Waals surface area contributed by atoms with Crippen LogP contribution in [0.5, 0.6) is 0 Å². The maximum absolute atomic E-state index is 12.3. The van der Waals surface area contributed by atoms with Gasteiger partial charge in [0.2, 0.25) is 0 Å². The Morgan fingerprint density at radius 2 is 2.10 bits per heavy atom. The Balaban J connectivity index is 2.12. The minimum atomic E-state index is -0.152. The third-order valence-corrected chi connectivity index (χ3v) is 2.96. The molecule has 0 aliphatic carbocycles. The summed E-state index contributed by atoms with van der Waals surface area (Å²) < 4.78 is 1.65. The van der Waals surface area contributed by atoms with Crippen molar-refractivity contribution >= 4 is 11.6 Å². The van der Waals surface area contributed by atoms with Gasteiger partial charge in [-0.3, -0.25) is 9.48 Å². The molecule has 0 unspecified atom stereocenters. The summed E-state index contributed by atoms with van der Waals surface area (Å²) in [5.74, 6) is 5.57. The van der Waals surface area contributed by atoms with Crippen LogP contribution in [-0.4, -0.2) is 22.2 Å². The molecule has 1 aromatic carbocycles. The van der Waals surface area contributed by atoms with Gasteiger partial charge in [0.25, 0.3) is 5.91 Å². The van der Waals surface area contributed by atoms with Gasteiger partial charge in [0.1, 0.15) is 0 Å². The average molecular weight is 282 g/mol. The molecule has 2 rings (SSSR count). The van der Waals surface area contributed by atoms with Crippen LogP contribution in [0.3, 0.4) is 0 Å². The predicted molar refractivity (Wildman–Crippen MR) is 82.9 cm³/mol. The van der Waals surface area contributed by atoms with Crippen molar-refractivity contribution in [2.75, 3.05) is 11.9 Å². The lowest BCUT2D eigenvalue weighted by molar-refractivity contribution is 0.102. The van der Waals surface area contributed by atoms with Crippen molar-refractivity contribution in [2.24, 2.45) is 12.8 Å². The van der Waals surface area contributed by atoms with Crippen molar-refractivity contribution in [2.45, 2.75) is 13.3 Å². The Hall–Kier alpha value is -2.58. The van der Waals surface area contributed by atoms with E-state index in [1.54, 1.807) is 17.9 Å². The number of nitrogens with one attached hydrogen (secondary N) is 1. The molecule has 108 valence electrons. The number of hydrogen-bond acceptors (Lipinski definition) is 3. The zero-order chi connectivity index (χ0) is 15.2. The van der Waals surface area contributed by atoms with Crippen LogP contribution < -0.4 is 11.1 Å². The number of aryl methyl sites for hydroxylation is 2. The summed E-state index contributed by atoms with van der Waals surface area (Å²) in [6.07, 6.45) is 2.45. The number of hydrogen-bond donors (Lipinski definition) is 2. The van der Waals surface area contributed by atoms with Crippen molar-refractivity contribution < 1.29 is 4.79 Å². The largest absolute Gasteiger partial charge is 0.322 e. The van der Waals surface area contributed by atoms with Gasteiger partial charge in [-0.05, 0) is 30.7 Å². The van der Waals surface area contributed by atoms with E-state index in [1.165, 1.54) is 0 Å². The van der Waals surface area contributed by atoms with E-state index < -0.39 is 0 Å². The normalized spacial score (nSPS) is 9.86. The fourth-order valence-corrected chi connectivity index (χ4v) is 1.97. The van der Waals surface area contributed by atoms with Crippen molar-refractivity contribution in [3.63, 3.8) is 0 Å². The van der Waals surface area contributed by atoms with Crippen LogP contribution in [0.15, 0.2) is 30.5 Å². The second-order valence-corrected chi connectivity index (χ2v) is 4.55. The molecule has 0 atom stereocenters. The van der Waals surface area contributed by atoms with Gasteiger partial charge in [-0.2, -0.15) is 5.10 Å². The molecular weight excluding hydrogens is 264 g/mol. The molecule has 0 radical (unpaired) electrons. The van der Waals surface area contributed by atoms with E-state index in [-0.39, 0.29) is 5.91 Å². The fraction of sp³-hybridized carbons (Fsp3) is 0.250. The Morgan fingerprint density at radius 3 is 2.71 bits per heavy atom. The van der Waals surface area contributed by atoms with Gasteiger partial charge >= 0.3 is 0 Å². The summed E-state index contributed by atoms with van der Waals surface area (Å²) in [5, 5.41) is 7.13.